The van der Waals surface area contributed by atoms with E-state index in [9.17, 15) is 10.1 Å². The van der Waals surface area contributed by atoms with Crippen LogP contribution in [0.25, 0.3) is 10.9 Å². The number of nitro benzene ring substituents is 1. The average molecular weight is 286 g/mol. The molecular weight excluding hydrogens is 272 g/mol. The van der Waals surface area contributed by atoms with E-state index in [1.165, 1.54) is 18.3 Å². The van der Waals surface area contributed by atoms with E-state index >= 15 is 0 Å². The van der Waals surface area contributed by atoms with E-state index in [0.29, 0.717) is 17.6 Å². The predicted molar refractivity (Wildman–Crippen MR) is 76.7 cm³/mol. The number of non-ortho nitro benzene ring substituents is 1. The Kier molecular flexibility index (Phi) is 4.00. The zero-order valence-corrected chi connectivity index (χ0v) is 11.4. The zero-order chi connectivity index (χ0) is 15.5. The van der Waals surface area contributed by atoms with Crippen molar-refractivity contribution in [1.29, 1.82) is 5.26 Å². The molecule has 1 heterocycles. The van der Waals surface area contributed by atoms with E-state index in [1.54, 1.807) is 19.1 Å². The Morgan fingerprint density at radius 2 is 2.29 bits per heavy atom. The zero-order valence-electron chi connectivity index (χ0n) is 11.4. The number of benzene rings is 1. The van der Waals surface area contributed by atoms with Crippen molar-refractivity contribution >= 4 is 16.6 Å². The number of rotatable bonds is 5. The molecule has 1 atom stereocenters. The van der Waals surface area contributed by atoms with Crippen molar-refractivity contribution in [3.05, 3.63) is 40.6 Å². The van der Waals surface area contributed by atoms with Gasteiger partial charge in [0.2, 0.25) is 0 Å². The van der Waals surface area contributed by atoms with Gasteiger partial charge >= 0.3 is 0 Å². The van der Waals surface area contributed by atoms with E-state index in [-0.39, 0.29) is 17.8 Å². The largest absolute Gasteiger partial charge is 0.493 e. The van der Waals surface area contributed by atoms with Crippen LogP contribution in [-0.2, 0) is 0 Å². The standard InChI is InChI=1S/C14H14N4O3/c1-14(16,9-15)6-8-21-12-5-4-11(18(19)20)13-10(12)3-2-7-17-13/h2-5,7H,6,8,16H2,1H3. The van der Waals surface area contributed by atoms with Gasteiger partial charge in [-0.1, -0.05) is 0 Å². The number of ether oxygens (including phenoxy) is 1. The highest BCUT2D eigenvalue weighted by Gasteiger charge is 2.19. The molecule has 0 fully saturated rings. The molecule has 0 aliphatic carbocycles. The Morgan fingerprint density at radius 3 is 2.95 bits per heavy atom. The summed E-state index contributed by atoms with van der Waals surface area (Å²) in [6.07, 6.45) is 1.84. The van der Waals surface area contributed by atoms with Gasteiger partial charge in [-0.3, -0.25) is 10.1 Å². The van der Waals surface area contributed by atoms with Gasteiger partial charge in [0.05, 0.1) is 17.6 Å². The second-order valence-corrected chi connectivity index (χ2v) is 4.87. The lowest BCUT2D eigenvalue weighted by Crippen LogP contribution is -2.35. The third kappa shape index (κ3) is 3.24. The lowest BCUT2D eigenvalue weighted by atomic mass is 10.0. The highest BCUT2D eigenvalue weighted by Crippen LogP contribution is 2.31. The molecule has 7 nitrogen and oxygen atoms in total. The van der Waals surface area contributed by atoms with Gasteiger partial charge in [0.25, 0.3) is 5.69 Å². The van der Waals surface area contributed by atoms with Gasteiger partial charge in [-0.25, -0.2) is 4.98 Å². The van der Waals surface area contributed by atoms with E-state index in [0.717, 1.165) is 0 Å². The monoisotopic (exact) mass is 286 g/mol. The Bertz CT molecular complexity index is 722. The molecule has 0 bridgehead atoms. The maximum atomic E-state index is 11.0. The first-order valence-corrected chi connectivity index (χ1v) is 6.30. The van der Waals surface area contributed by atoms with E-state index in [4.69, 9.17) is 15.7 Å². The maximum absolute atomic E-state index is 11.0. The van der Waals surface area contributed by atoms with Gasteiger partial charge in [0.15, 0.2) is 5.52 Å². The average Bonchev–Trinajstić information content (AvgIpc) is 2.47. The molecule has 1 aromatic carbocycles. The summed E-state index contributed by atoms with van der Waals surface area (Å²) in [5.74, 6) is 0.484. The lowest BCUT2D eigenvalue weighted by molar-refractivity contribution is -0.383. The van der Waals surface area contributed by atoms with Crippen LogP contribution in [0.4, 0.5) is 5.69 Å². The summed E-state index contributed by atoms with van der Waals surface area (Å²) >= 11 is 0. The fourth-order valence-electron chi connectivity index (χ4n) is 1.83. The fraction of sp³-hybridized carbons (Fsp3) is 0.286. The molecule has 1 unspecified atom stereocenters. The Hall–Kier alpha value is -2.72. The van der Waals surface area contributed by atoms with Gasteiger partial charge in [-0.15, -0.1) is 0 Å². The van der Waals surface area contributed by atoms with Crippen LogP contribution in [0.1, 0.15) is 13.3 Å². The molecule has 0 saturated heterocycles. The van der Waals surface area contributed by atoms with Crippen LogP contribution >= 0.6 is 0 Å². The van der Waals surface area contributed by atoms with E-state index in [1.807, 2.05) is 6.07 Å². The van der Waals surface area contributed by atoms with Crippen LogP contribution in [0.2, 0.25) is 0 Å². The molecule has 2 aromatic rings. The first kappa shape index (κ1) is 14.7. The minimum absolute atomic E-state index is 0.0707. The first-order valence-electron chi connectivity index (χ1n) is 6.30. The molecule has 2 N–H and O–H groups in total. The summed E-state index contributed by atoms with van der Waals surface area (Å²) in [5, 5.41) is 20.4. The van der Waals surface area contributed by atoms with E-state index < -0.39 is 10.5 Å². The Balaban J connectivity index is 2.28. The summed E-state index contributed by atoms with van der Waals surface area (Å²) in [7, 11) is 0. The molecule has 0 amide bonds. The third-order valence-corrected chi connectivity index (χ3v) is 3.04. The quantitative estimate of drug-likeness (QED) is 0.665. The highest BCUT2D eigenvalue weighted by molar-refractivity contribution is 5.91. The number of fused-ring (bicyclic) bond motifs is 1. The SMILES string of the molecule is CC(N)(C#N)CCOc1ccc([N+](=O)[O-])c2ncccc12. The van der Waals surface area contributed by atoms with Crippen molar-refractivity contribution in [2.45, 2.75) is 18.9 Å². The number of nitrogens with zero attached hydrogens (tertiary/aromatic N) is 3. The van der Waals surface area contributed by atoms with Crippen molar-refractivity contribution in [1.82, 2.24) is 4.98 Å². The van der Waals surface area contributed by atoms with Gasteiger partial charge in [-0.2, -0.15) is 5.26 Å². The minimum Gasteiger partial charge on any atom is -0.493 e. The number of nitriles is 1. The molecule has 0 radical (unpaired) electrons. The summed E-state index contributed by atoms with van der Waals surface area (Å²) in [6, 6.07) is 8.26. The summed E-state index contributed by atoms with van der Waals surface area (Å²) in [6.45, 7) is 1.86. The van der Waals surface area contributed by atoms with Crippen molar-refractivity contribution < 1.29 is 9.66 Å². The minimum atomic E-state index is -0.963. The van der Waals surface area contributed by atoms with Crippen LogP contribution in [0.3, 0.4) is 0 Å². The van der Waals surface area contributed by atoms with Gasteiger partial charge in [-0.05, 0) is 25.1 Å². The summed E-state index contributed by atoms with van der Waals surface area (Å²) < 4.78 is 5.60. The van der Waals surface area contributed by atoms with Crippen molar-refractivity contribution in [2.75, 3.05) is 6.61 Å². The van der Waals surface area contributed by atoms with Gasteiger partial charge < -0.3 is 10.5 Å². The van der Waals surface area contributed by atoms with Crippen molar-refractivity contribution in [3.8, 4) is 11.8 Å². The summed E-state index contributed by atoms with van der Waals surface area (Å²) in [4.78, 5) is 14.5. The molecule has 0 aliphatic rings. The molecule has 2 rings (SSSR count). The Labute approximate surface area is 121 Å². The topological polar surface area (TPSA) is 115 Å². The molecule has 1 aromatic heterocycles. The lowest BCUT2D eigenvalue weighted by Gasteiger charge is -2.16. The molecular formula is C14H14N4O3. The van der Waals surface area contributed by atoms with Gasteiger partial charge in [0, 0.05) is 24.1 Å². The smallest absolute Gasteiger partial charge is 0.295 e. The molecule has 0 spiro atoms. The van der Waals surface area contributed by atoms with Crippen LogP contribution in [-0.4, -0.2) is 22.1 Å². The molecule has 7 heteroatoms. The normalized spacial score (nSPS) is 13.4. The number of aromatic nitrogens is 1. The van der Waals surface area contributed by atoms with Crippen molar-refractivity contribution in [3.63, 3.8) is 0 Å². The van der Waals surface area contributed by atoms with Crippen LogP contribution in [0, 0.1) is 21.4 Å². The van der Waals surface area contributed by atoms with Crippen molar-refractivity contribution in [2.24, 2.45) is 5.73 Å². The summed E-state index contributed by atoms with van der Waals surface area (Å²) in [5.41, 5.74) is 4.95. The highest BCUT2D eigenvalue weighted by atomic mass is 16.6. The number of nitro groups is 1. The Morgan fingerprint density at radius 1 is 1.52 bits per heavy atom. The third-order valence-electron chi connectivity index (χ3n) is 3.04. The molecule has 108 valence electrons. The van der Waals surface area contributed by atoms with Crippen LogP contribution in [0.5, 0.6) is 5.75 Å². The number of nitrogens with two attached hydrogens (primary N) is 1. The number of pyridine rings is 1. The van der Waals surface area contributed by atoms with Gasteiger partial charge in [0.1, 0.15) is 11.3 Å². The second kappa shape index (κ2) is 5.73. The second-order valence-electron chi connectivity index (χ2n) is 4.87. The van der Waals surface area contributed by atoms with E-state index in [2.05, 4.69) is 4.98 Å². The molecule has 21 heavy (non-hydrogen) atoms. The number of hydrogen-bond donors (Lipinski definition) is 1. The molecule has 0 aliphatic heterocycles. The predicted octanol–water partition coefficient (Wildman–Crippen LogP) is 2.15. The van der Waals surface area contributed by atoms with Crippen LogP contribution < -0.4 is 10.5 Å². The maximum Gasteiger partial charge on any atom is 0.295 e. The molecule has 0 saturated carbocycles. The first-order chi connectivity index (χ1) is 9.94. The fourth-order valence-corrected chi connectivity index (χ4v) is 1.83. The van der Waals surface area contributed by atoms with Crippen LogP contribution in [0.15, 0.2) is 30.5 Å². The number of hydrogen-bond acceptors (Lipinski definition) is 6.